The van der Waals surface area contributed by atoms with E-state index in [2.05, 4.69) is 26.6 Å². The molecule has 1 atom stereocenters. The molecule has 106 valence electrons. The number of hydrogen-bond donors (Lipinski definition) is 3. The van der Waals surface area contributed by atoms with Crippen molar-refractivity contribution in [2.75, 3.05) is 11.9 Å². The highest BCUT2D eigenvalue weighted by Crippen LogP contribution is 2.23. The Morgan fingerprint density at radius 2 is 2.20 bits per heavy atom. The Hall–Kier alpha value is -1.79. The number of carbonyl (C=O) groups is 1. The van der Waals surface area contributed by atoms with Crippen LogP contribution in [0.4, 0.5) is 10.5 Å². The molecule has 0 saturated carbocycles. The summed E-state index contributed by atoms with van der Waals surface area (Å²) in [4.78, 5) is 11.8. The molecule has 3 N–H and O–H groups in total. The lowest BCUT2D eigenvalue weighted by Gasteiger charge is -2.12. The van der Waals surface area contributed by atoms with Gasteiger partial charge >= 0.3 is 6.03 Å². The number of benzene rings is 1. The van der Waals surface area contributed by atoms with E-state index in [0.29, 0.717) is 11.4 Å². The van der Waals surface area contributed by atoms with E-state index in [1.54, 1.807) is 12.1 Å². The first-order chi connectivity index (χ1) is 9.58. The van der Waals surface area contributed by atoms with Crippen LogP contribution in [0.25, 0.3) is 0 Å². The summed E-state index contributed by atoms with van der Waals surface area (Å²) in [5.41, 5.74) is 1.65. The van der Waals surface area contributed by atoms with E-state index in [-0.39, 0.29) is 12.6 Å². The van der Waals surface area contributed by atoms with E-state index in [0.717, 1.165) is 10.0 Å². The van der Waals surface area contributed by atoms with Gasteiger partial charge in [0.2, 0.25) is 0 Å². The van der Waals surface area contributed by atoms with Crippen molar-refractivity contribution in [3.63, 3.8) is 0 Å². The van der Waals surface area contributed by atoms with E-state index in [4.69, 9.17) is 4.42 Å². The predicted molar refractivity (Wildman–Crippen MR) is 79.6 cm³/mol. The maximum atomic E-state index is 11.8. The fourth-order valence-corrected chi connectivity index (χ4v) is 2.05. The number of amides is 2. The molecule has 0 saturated heterocycles. The number of hydrogen-bond acceptors (Lipinski definition) is 3. The minimum atomic E-state index is -0.862. The fraction of sp³-hybridized carbons (Fsp3) is 0.214. The zero-order chi connectivity index (χ0) is 14.5. The number of urea groups is 1. The molecule has 5 nitrogen and oxygen atoms in total. The minimum Gasteiger partial charge on any atom is -0.467 e. The number of rotatable bonds is 4. The molecular weight excluding hydrogens is 324 g/mol. The number of aliphatic hydroxyl groups excluding tert-OH is 1. The van der Waals surface area contributed by atoms with Gasteiger partial charge in [0.1, 0.15) is 11.9 Å². The molecule has 0 bridgehead atoms. The maximum Gasteiger partial charge on any atom is 0.319 e. The zero-order valence-corrected chi connectivity index (χ0v) is 12.5. The van der Waals surface area contributed by atoms with Crippen molar-refractivity contribution in [3.05, 3.63) is 52.4 Å². The zero-order valence-electron chi connectivity index (χ0n) is 10.9. The van der Waals surface area contributed by atoms with Crippen LogP contribution in [0.1, 0.15) is 17.4 Å². The van der Waals surface area contributed by atoms with Crippen LogP contribution in [0.3, 0.4) is 0 Å². The van der Waals surface area contributed by atoms with Gasteiger partial charge in [-0.2, -0.15) is 0 Å². The van der Waals surface area contributed by atoms with Crippen LogP contribution in [0, 0.1) is 6.92 Å². The molecule has 0 fully saturated rings. The van der Waals surface area contributed by atoms with Gasteiger partial charge in [0.25, 0.3) is 0 Å². The van der Waals surface area contributed by atoms with Gasteiger partial charge in [-0.05, 0) is 36.8 Å². The summed E-state index contributed by atoms with van der Waals surface area (Å²) in [6, 6.07) is 8.51. The average Bonchev–Trinajstić information content (AvgIpc) is 2.95. The Labute approximate surface area is 125 Å². The van der Waals surface area contributed by atoms with E-state index < -0.39 is 6.10 Å². The monoisotopic (exact) mass is 338 g/mol. The van der Waals surface area contributed by atoms with Gasteiger partial charge in [-0.15, -0.1) is 0 Å². The van der Waals surface area contributed by atoms with Crippen LogP contribution in [-0.4, -0.2) is 17.7 Å². The average molecular weight is 339 g/mol. The lowest BCUT2D eigenvalue weighted by molar-refractivity contribution is 0.149. The quantitative estimate of drug-likeness (QED) is 0.801. The summed E-state index contributed by atoms with van der Waals surface area (Å²) in [5, 5.41) is 15.1. The molecule has 1 heterocycles. The van der Waals surface area contributed by atoms with Crippen LogP contribution in [0.2, 0.25) is 0 Å². The van der Waals surface area contributed by atoms with Crippen LogP contribution in [-0.2, 0) is 0 Å². The second-order valence-electron chi connectivity index (χ2n) is 4.28. The lowest BCUT2D eigenvalue weighted by atomic mass is 10.2. The summed E-state index contributed by atoms with van der Waals surface area (Å²) < 4.78 is 5.97. The first-order valence-corrected chi connectivity index (χ1v) is 6.88. The van der Waals surface area contributed by atoms with Crippen molar-refractivity contribution >= 4 is 27.6 Å². The number of carbonyl (C=O) groups excluding carboxylic acids is 1. The summed E-state index contributed by atoms with van der Waals surface area (Å²) in [5.74, 6) is 0.420. The molecule has 2 rings (SSSR count). The molecule has 0 spiro atoms. The first kappa shape index (κ1) is 14.6. The van der Waals surface area contributed by atoms with Crippen LogP contribution in [0.15, 0.2) is 45.5 Å². The molecule has 0 aliphatic rings. The lowest BCUT2D eigenvalue weighted by Crippen LogP contribution is -2.32. The Bertz CT molecular complexity index is 584. The molecule has 1 unspecified atom stereocenters. The smallest absolute Gasteiger partial charge is 0.319 e. The van der Waals surface area contributed by atoms with Crippen molar-refractivity contribution in [1.82, 2.24) is 5.32 Å². The third kappa shape index (κ3) is 3.61. The largest absolute Gasteiger partial charge is 0.467 e. The van der Waals surface area contributed by atoms with Gasteiger partial charge in [-0.25, -0.2) is 4.79 Å². The molecule has 2 aromatic rings. The van der Waals surface area contributed by atoms with E-state index in [9.17, 15) is 9.90 Å². The Morgan fingerprint density at radius 1 is 1.40 bits per heavy atom. The van der Waals surface area contributed by atoms with Crippen molar-refractivity contribution in [2.24, 2.45) is 0 Å². The first-order valence-electron chi connectivity index (χ1n) is 6.09. The van der Waals surface area contributed by atoms with Gasteiger partial charge in [0.05, 0.1) is 12.8 Å². The van der Waals surface area contributed by atoms with E-state index in [1.807, 2.05) is 25.1 Å². The second-order valence-corrected chi connectivity index (χ2v) is 5.13. The number of halogens is 1. The molecule has 1 aromatic heterocycles. The van der Waals surface area contributed by atoms with Gasteiger partial charge < -0.3 is 20.2 Å². The number of aliphatic hydroxyl groups is 1. The molecule has 6 heteroatoms. The Kier molecular flexibility index (Phi) is 4.81. The number of furan rings is 1. The summed E-state index contributed by atoms with van der Waals surface area (Å²) in [7, 11) is 0. The van der Waals surface area contributed by atoms with Crippen LogP contribution < -0.4 is 10.6 Å². The number of nitrogens with one attached hydrogen (secondary N) is 2. The van der Waals surface area contributed by atoms with Crippen molar-refractivity contribution in [1.29, 1.82) is 0 Å². The Morgan fingerprint density at radius 3 is 2.90 bits per heavy atom. The van der Waals surface area contributed by atoms with Gasteiger partial charge in [0.15, 0.2) is 0 Å². The molecular formula is C14H15BrN2O3. The summed E-state index contributed by atoms with van der Waals surface area (Å²) in [6.45, 7) is 1.98. The summed E-state index contributed by atoms with van der Waals surface area (Å²) >= 11 is 3.40. The molecule has 0 aliphatic carbocycles. The highest BCUT2D eigenvalue weighted by atomic mass is 79.9. The third-order valence-electron chi connectivity index (χ3n) is 2.84. The standard InChI is InChI=1S/C14H15BrN2O3/c1-9-10(15)4-2-5-11(9)17-14(19)16-8-12(18)13-6-3-7-20-13/h2-7,12,18H,8H2,1H3,(H2,16,17,19). The Balaban J connectivity index is 1.88. The predicted octanol–water partition coefficient (Wildman–Crippen LogP) is 3.21. The number of anilines is 1. The molecule has 0 radical (unpaired) electrons. The third-order valence-corrected chi connectivity index (χ3v) is 3.70. The maximum absolute atomic E-state index is 11.8. The normalized spacial score (nSPS) is 11.9. The highest BCUT2D eigenvalue weighted by Gasteiger charge is 2.12. The molecule has 20 heavy (non-hydrogen) atoms. The molecule has 0 aliphatic heterocycles. The minimum absolute atomic E-state index is 0.0758. The molecule has 1 aromatic carbocycles. The fourth-order valence-electron chi connectivity index (χ4n) is 1.68. The SMILES string of the molecule is Cc1c(Br)cccc1NC(=O)NCC(O)c1ccco1. The topological polar surface area (TPSA) is 74.5 Å². The van der Waals surface area contributed by atoms with E-state index in [1.165, 1.54) is 6.26 Å². The second kappa shape index (κ2) is 6.58. The van der Waals surface area contributed by atoms with Gasteiger partial charge in [-0.3, -0.25) is 0 Å². The van der Waals surface area contributed by atoms with Crippen LogP contribution in [0.5, 0.6) is 0 Å². The summed E-state index contributed by atoms with van der Waals surface area (Å²) in [6.07, 6.45) is 0.614. The van der Waals surface area contributed by atoms with Gasteiger partial charge in [-0.1, -0.05) is 22.0 Å². The van der Waals surface area contributed by atoms with Crippen molar-refractivity contribution in [3.8, 4) is 0 Å². The van der Waals surface area contributed by atoms with Crippen LogP contribution >= 0.6 is 15.9 Å². The molecule has 2 amide bonds. The van der Waals surface area contributed by atoms with Crippen molar-refractivity contribution < 1.29 is 14.3 Å². The van der Waals surface area contributed by atoms with E-state index >= 15 is 0 Å². The van der Waals surface area contributed by atoms with Crippen molar-refractivity contribution in [2.45, 2.75) is 13.0 Å². The van der Waals surface area contributed by atoms with Gasteiger partial charge in [0, 0.05) is 10.2 Å². The highest BCUT2D eigenvalue weighted by molar-refractivity contribution is 9.10.